The van der Waals surface area contributed by atoms with Crippen LogP contribution < -0.4 is 4.74 Å². The lowest BCUT2D eigenvalue weighted by Gasteiger charge is -2.39. The van der Waals surface area contributed by atoms with Gasteiger partial charge in [0.2, 0.25) is 0 Å². The third-order valence-corrected chi connectivity index (χ3v) is 5.84. The molecule has 3 aromatic rings. The molecule has 9 nitrogen and oxygen atoms in total. The van der Waals surface area contributed by atoms with Crippen LogP contribution in [0.1, 0.15) is 43.6 Å². The first kappa shape index (κ1) is 24.9. The van der Waals surface area contributed by atoms with Gasteiger partial charge in [0.1, 0.15) is 17.5 Å². The van der Waals surface area contributed by atoms with Crippen LogP contribution >= 0.6 is 0 Å². The molecule has 1 N–H and O–H groups in total. The molecule has 1 heterocycles. The standard InChI is InChI=1S/C27H27N3O6/c1-27(2,3)36-26(32)29-15-23(16-29)35-22-8-9-24(30(33)34)21(12-22)13-25(31)19-7-6-18-5-4-17(14-28)10-20(18)11-19/h4-12,23,25,31H,13,15-16H2,1-3H3. The van der Waals surface area contributed by atoms with E-state index in [1.54, 1.807) is 51.1 Å². The van der Waals surface area contributed by atoms with Gasteiger partial charge in [0, 0.05) is 18.1 Å². The number of likely N-dealkylation sites (tertiary alicyclic amines) is 1. The third-order valence-electron chi connectivity index (χ3n) is 5.84. The minimum absolute atomic E-state index is 0.00562. The summed E-state index contributed by atoms with van der Waals surface area (Å²) in [6, 6.07) is 17.2. The maximum absolute atomic E-state index is 12.1. The van der Waals surface area contributed by atoms with Crippen molar-refractivity contribution < 1.29 is 24.3 Å². The molecular weight excluding hydrogens is 462 g/mol. The van der Waals surface area contributed by atoms with Gasteiger partial charge in [-0.1, -0.05) is 18.2 Å². The first-order valence-corrected chi connectivity index (χ1v) is 11.6. The Bertz CT molecular complexity index is 1350. The Kier molecular flexibility index (Phi) is 6.82. The maximum atomic E-state index is 12.1. The molecule has 9 heteroatoms. The van der Waals surface area contributed by atoms with Gasteiger partial charge in [-0.3, -0.25) is 10.1 Å². The van der Waals surface area contributed by atoms with E-state index in [4.69, 9.17) is 14.7 Å². The van der Waals surface area contributed by atoms with Gasteiger partial charge in [-0.15, -0.1) is 0 Å². The Morgan fingerprint density at radius 2 is 1.89 bits per heavy atom. The quantitative estimate of drug-likeness (QED) is 0.386. The molecule has 0 aromatic heterocycles. The van der Waals surface area contributed by atoms with Crippen LogP contribution in [0.4, 0.5) is 10.5 Å². The van der Waals surface area contributed by atoms with Crippen molar-refractivity contribution in [1.29, 1.82) is 5.26 Å². The van der Waals surface area contributed by atoms with Crippen LogP contribution in [0.2, 0.25) is 0 Å². The number of aliphatic hydroxyl groups is 1. The fraction of sp³-hybridized carbons (Fsp3) is 0.333. The maximum Gasteiger partial charge on any atom is 0.410 e. The number of benzene rings is 3. The predicted octanol–water partition coefficient (Wildman–Crippen LogP) is 4.89. The van der Waals surface area contributed by atoms with E-state index in [1.165, 1.54) is 17.0 Å². The van der Waals surface area contributed by atoms with Gasteiger partial charge >= 0.3 is 6.09 Å². The van der Waals surface area contributed by atoms with Crippen LogP contribution in [0.15, 0.2) is 54.6 Å². The largest absolute Gasteiger partial charge is 0.487 e. The highest BCUT2D eigenvalue weighted by Gasteiger charge is 2.35. The zero-order valence-corrected chi connectivity index (χ0v) is 20.3. The summed E-state index contributed by atoms with van der Waals surface area (Å²) in [5.41, 5.74) is 0.735. The summed E-state index contributed by atoms with van der Waals surface area (Å²) >= 11 is 0. The first-order chi connectivity index (χ1) is 17.0. The van der Waals surface area contributed by atoms with Crippen molar-refractivity contribution in [3.05, 3.63) is 81.4 Å². The second-order valence-electron chi connectivity index (χ2n) is 9.83. The Morgan fingerprint density at radius 3 is 2.56 bits per heavy atom. The molecule has 1 fully saturated rings. The van der Waals surface area contributed by atoms with Crippen molar-refractivity contribution >= 4 is 22.6 Å². The van der Waals surface area contributed by atoms with Crippen molar-refractivity contribution in [1.82, 2.24) is 4.90 Å². The number of hydrogen-bond donors (Lipinski definition) is 1. The van der Waals surface area contributed by atoms with Crippen molar-refractivity contribution in [2.24, 2.45) is 0 Å². The summed E-state index contributed by atoms with van der Waals surface area (Å²) in [5.74, 6) is 0.425. The number of fused-ring (bicyclic) bond motifs is 1. The molecule has 1 unspecified atom stereocenters. The van der Waals surface area contributed by atoms with Crippen LogP contribution in [0, 0.1) is 21.4 Å². The number of ether oxygens (including phenoxy) is 2. The van der Waals surface area contributed by atoms with Crippen LogP contribution in [0.5, 0.6) is 5.75 Å². The van der Waals surface area contributed by atoms with Crippen molar-refractivity contribution in [3.63, 3.8) is 0 Å². The highest BCUT2D eigenvalue weighted by atomic mass is 16.6. The molecule has 1 saturated heterocycles. The van der Waals surface area contributed by atoms with Gasteiger partial charge in [0.05, 0.1) is 35.7 Å². The van der Waals surface area contributed by atoms with Crippen LogP contribution in [0.25, 0.3) is 10.8 Å². The van der Waals surface area contributed by atoms with E-state index >= 15 is 0 Å². The molecule has 4 rings (SSSR count). The molecule has 1 atom stereocenters. The van der Waals surface area contributed by atoms with E-state index in [1.807, 2.05) is 12.1 Å². The summed E-state index contributed by atoms with van der Waals surface area (Å²) in [5, 5.41) is 33.4. The molecule has 36 heavy (non-hydrogen) atoms. The molecule has 3 aromatic carbocycles. The zero-order valence-electron chi connectivity index (χ0n) is 20.3. The lowest BCUT2D eigenvalue weighted by molar-refractivity contribution is -0.385. The number of aliphatic hydroxyl groups excluding tert-OH is 1. The zero-order chi connectivity index (χ0) is 26.0. The predicted molar refractivity (Wildman–Crippen MR) is 133 cm³/mol. The highest BCUT2D eigenvalue weighted by molar-refractivity contribution is 5.84. The lowest BCUT2D eigenvalue weighted by atomic mass is 9.97. The van der Waals surface area contributed by atoms with E-state index in [-0.39, 0.29) is 18.2 Å². The van der Waals surface area contributed by atoms with Crippen LogP contribution in [0.3, 0.4) is 0 Å². The number of carbonyl (C=O) groups excluding carboxylic acids is 1. The normalized spacial score (nSPS) is 14.6. The number of hydrogen-bond acceptors (Lipinski definition) is 7. The summed E-state index contributed by atoms with van der Waals surface area (Å²) in [6.45, 7) is 6.10. The molecule has 0 saturated carbocycles. The number of nitriles is 1. The van der Waals surface area contributed by atoms with Gasteiger partial charge in [0.25, 0.3) is 5.69 Å². The van der Waals surface area contributed by atoms with E-state index < -0.39 is 22.7 Å². The van der Waals surface area contributed by atoms with E-state index in [0.717, 1.165) is 10.8 Å². The van der Waals surface area contributed by atoms with Crippen LogP contribution in [-0.2, 0) is 11.2 Å². The number of nitro benzene ring substituents is 1. The molecule has 1 aliphatic heterocycles. The van der Waals surface area contributed by atoms with Gasteiger partial charge < -0.3 is 19.5 Å². The van der Waals surface area contributed by atoms with Gasteiger partial charge in [-0.05, 0) is 67.4 Å². The molecule has 1 aliphatic rings. The average molecular weight is 490 g/mol. The van der Waals surface area contributed by atoms with Crippen LogP contribution in [-0.4, -0.2) is 45.8 Å². The highest BCUT2D eigenvalue weighted by Crippen LogP contribution is 2.31. The summed E-state index contributed by atoms with van der Waals surface area (Å²) in [6.07, 6.45) is -1.66. The summed E-state index contributed by atoms with van der Waals surface area (Å²) < 4.78 is 11.3. The molecule has 0 radical (unpaired) electrons. The lowest BCUT2D eigenvalue weighted by Crippen LogP contribution is -2.57. The van der Waals surface area contributed by atoms with Crippen molar-refractivity contribution in [3.8, 4) is 11.8 Å². The van der Waals surface area contributed by atoms with E-state index in [0.29, 0.717) is 35.5 Å². The second-order valence-corrected chi connectivity index (χ2v) is 9.83. The summed E-state index contributed by atoms with van der Waals surface area (Å²) in [4.78, 5) is 24.8. The molecule has 0 bridgehead atoms. The molecule has 0 aliphatic carbocycles. The first-order valence-electron chi connectivity index (χ1n) is 11.6. The molecule has 1 amide bonds. The van der Waals surface area contributed by atoms with Gasteiger partial charge in [-0.25, -0.2) is 4.79 Å². The molecular formula is C27H27N3O6. The number of nitro groups is 1. The number of rotatable bonds is 6. The Labute approximate surface area is 208 Å². The number of nitrogens with zero attached hydrogens (tertiary/aromatic N) is 3. The van der Waals surface area contributed by atoms with E-state index in [9.17, 15) is 20.0 Å². The average Bonchev–Trinajstić information content (AvgIpc) is 2.79. The number of carbonyl (C=O) groups is 1. The fourth-order valence-corrected chi connectivity index (χ4v) is 4.03. The SMILES string of the molecule is CC(C)(C)OC(=O)N1CC(Oc2ccc([N+](=O)[O-])c(CC(O)c3ccc4ccc(C#N)cc4c3)c2)C1. The fourth-order valence-electron chi connectivity index (χ4n) is 4.03. The third kappa shape index (κ3) is 5.73. The second kappa shape index (κ2) is 9.84. The Morgan fingerprint density at radius 1 is 1.17 bits per heavy atom. The smallest absolute Gasteiger partial charge is 0.410 e. The van der Waals surface area contributed by atoms with Gasteiger partial charge in [0.15, 0.2) is 0 Å². The topological polar surface area (TPSA) is 126 Å². The molecule has 0 spiro atoms. The summed E-state index contributed by atoms with van der Waals surface area (Å²) in [7, 11) is 0. The molecule has 186 valence electrons. The number of amides is 1. The van der Waals surface area contributed by atoms with Gasteiger partial charge in [-0.2, -0.15) is 5.26 Å². The minimum Gasteiger partial charge on any atom is -0.487 e. The van der Waals surface area contributed by atoms with E-state index in [2.05, 4.69) is 6.07 Å². The monoisotopic (exact) mass is 489 g/mol. The Hall–Kier alpha value is -4.16. The van der Waals surface area contributed by atoms with Crippen molar-refractivity contribution in [2.45, 2.75) is 45.0 Å². The Balaban J connectivity index is 1.47. The van der Waals surface area contributed by atoms with Crippen molar-refractivity contribution in [2.75, 3.05) is 13.1 Å². The minimum atomic E-state index is -1.000.